The van der Waals surface area contributed by atoms with E-state index in [-0.39, 0.29) is 38.7 Å². The Bertz CT molecular complexity index is 1060. The summed E-state index contributed by atoms with van der Waals surface area (Å²) in [6.45, 7) is 3.86. The summed E-state index contributed by atoms with van der Waals surface area (Å²) in [7, 11) is -4.10. The summed E-state index contributed by atoms with van der Waals surface area (Å²) in [5.74, 6) is 0.330. The second-order valence-electron chi connectivity index (χ2n) is 7.37. The predicted molar refractivity (Wildman–Crippen MR) is 108 cm³/mol. The molecule has 6 nitrogen and oxygen atoms in total. The molecule has 0 spiro atoms. The van der Waals surface area contributed by atoms with Crippen LogP contribution in [0.2, 0.25) is 0 Å². The van der Waals surface area contributed by atoms with Gasteiger partial charge in [-0.3, -0.25) is 4.79 Å². The molecule has 10 heteroatoms. The molecule has 1 aliphatic heterocycles. The lowest BCUT2D eigenvalue weighted by Gasteiger charge is -2.34. The highest BCUT2D eigenvalue weighted by molar-refractivity contribution is 7.89. The second kappa shape index (κ2) is 8.88. The molecule has 2 aromatic rings. The smallest absolute Gasteiger partial charge is 0.416 e. The van der Waals surface area contributed by atoms with Gasteiger partial charge < -0.3 is 9.64 Å². The van der Waals surface area contributed by atoms with Crippen LogP contribution in [-0.2, 0) is 21.0 Å². The average molecular weight is 456 g/mol. The first-order valence-corrected chi connectivity index (χ1v) is 11.1. The van der Waals surface area contributed by atoms with Gasteiger partial charge in [0.15, 0.2) is 6.61 Å². The van der Waals surface area contributed by atoms with Crippen molar-refractivity contribution in [2.75, 3.05) is 32.8 Å². The standard InChI is InChI=1S/C21H23F3N2O4S/c1-15-6-7-16(2)19(12-15)30-14-20(27)25-8-10-26(11-9-25)31(28,29)18-5-3-4-17(13-18)21(22,23)24/h3-7,12-13H,8-11,14H2,1-2H3. The Morgan fingerprint density at radius 1 is 1.03 bits per heavy atom. The number of halogens is 3. The highest BCUT2D eigenvalue weighted by Crippen LogP contribution is 2.31. The van der Waals surface area contributed by atoms with Gasteiger partial charge >= 0.3 is 6.18 Å². The molecule has 0 N–H and O–H groups in total. The van der Waals surface area contributed by atoms with Crippen molar-refractivity contribution < 1.29 is 31.1 Å². The average Bonchev–Trinajstić information content (AvgIpc) is 2.73. The topological polar surface area (TPSA) is 66.9 Å². The fraction of sp³-hybridized carbons (Fsp3) is 0.381. The minimum atomic E-state index is -4.63. The molecule has 1 aliphatic rings. The molecule has 3 rings (SSSR count). The largest absolute Gasteiger partial charge is 0.483 e. The van der Waals surface area contributed by atoms with E-state index in [1.165, 1.54) is 4.90 Å². The molecule has 0 aromatic heterocycles. The van der Waals surface area contributed by atoms with E-state index < -0.39 is 26.7 Å². The number of benzene rings is 2. The number of ether oxygens (including phenoxy) is 1. The highest BCUT2D eigenvalue weighted by atomic mass is 32.2. The van der Waals surface area contributed by atoms with Crippen molar-refractivity contribution in [1.82, 2.24) is 9.21 Å². The van der Waals surface area contributed by atoms with Crippen LogP contribution >= 0.6 is 0 Å². The maximum atomic E-state index is 12.9. The van der Waals surface area contributed by atoms with Gasteiger partial charge in [0.05, 0.1) is 10.5 Å². The van der Waals surface area contributed by atoms with Crippen LogP contribution in [0, 0.1) is 13.8 Å². The number of alkyl halides is 3. The lowest BCUT2D eigenvalue weighted by Crippen LogP contribution is -2.51. The normalized spacial score (nSPS) is 15.7. The van der Waals surface area contributed by atoms with Gasteiger partial charge in [0.1, 0.15) is 5.75 Å². The number of carbonyl (C=O) groups is 1. The van der Waals surface area contributed by atoms with Gasteiger partial charge in [-0.1, -0.05) is 18.2 Å². The zero-order chi connectivity index (χ0) is 22.8. The van der Waals surface area contributed by atoms with Gasteiger partial charge in [0, 0.05) is 26.2 Å². The Labute approximate surface area is 179 Å². The minimum Gasteiger partial charge on any atom is -0.483 e. The Morgan fingerprint density at radius 2 is 1.71 bits per heavy atom. The van der Waals surface area contributed by atoms with Crippen LogP contribution in [0.5, 0.6) is 5.75 Å². The number of sulfonamides is 1. The molecular formula is C21H23F3N2O4S. The van der Waals surface area contributed by atoms with Crippen LogP contribution in [0.25, 0.3) is 0 Å². The molecule has 0 radical (unpaired) electrons. The SMILES string of the molecule is Cc1ccc(C)c(OCC(=O)N2CCN(S(=O)(=O)c3cccc(C(F)(F)F)c3)CC2)c1. The van der Waals surface area contributed by atoms with Crippen molar-refractivity contribution in [2.24, 2.45) is 0 Å². The Balaban J connectivity index is 1.61. The summed E-state index contributed by atoms with van der Waals surface area (Å²) in [5.41, 5.74) is 0.878. The molecular weight excluding hydrogens is 433 g/mol. The number of hydrogen-bond donors (Lipinski definition) is 0. The van der Waals surface area contributed by atoms with Gasteiger partial charge in [-0.2, -0.15) is 17.5 Å². The van der Waals surface area contributed by atoms with Crippen LogP contribution in [0.4, 0.5) is 13.2 Å². The molecule has 0 saturated carbocycles. The molecule has 0 unspecified atom stereocenters. The molecule has 1 fully saturated rings. The molecule has 168 valence electrons. The fourth-order valence-corrected chi connectivity index (χ4v) is 4.72. The van der Waals surface area contributed by atoms with Crippen molar-refractivity contribution in [1.29, 1.82) is 0 Å². The molecule has 31 heavy (non-hydrogen) atoms. The van der Waals surface area contributed by atoms with Gasteiger partial charge in [-0.15, -0.1) is 0 Å². The number of rotatable bonds is 5. The Hall–Kier alpha value is -2.59. The van der Waals surface area contributed by atoms with Crippen LogP contribution in [0.1, 0.15) is 16.7 Å². The zero-order valence-corrected chi connectivity index (χ0v) is 18.0. The van der Waals surface area contributed by atoms with E-state index in [2.05, 4.69) is 0 Å². The van der Waals surface area contributed by atoms with Gasteiger partial charge in [0.2, 0.25) is 10.0 Å². The van der Waals surface area contributed by atoms with E-state index in [0.717, 1.165) is 33.6 Å². The first-order chi connectivity index (χ1) is 14.5. The van der Waals surface area contributed by atoms with E-state index in [1.54, 1.807) is 0 Å². The number of aryl methyl sites for hydroxylation is 2. The number of carbonyl (C=O) groups excluding carboxylic acids is 1. The highest BCUT2D eigenvalue weighted by Gasteiger charge is 2.34. The molecule has 1 saturated heterocycles. The molecule has 0 bridgehead atoms. The van der Waals surface area contributed by atoms with E-state index in [0.29, 0.717) is 11.8 Å². The lowest BCUT2D eigenvalue weighted by atomic mass is 10.1. The molecule has 1 amide bonds. The van der Waals surface area contributed by atoms with Crippen LogP contribution in [0.3, 0.4) is 0 Å². The van der Waals surface area contributed by atoms with Crippen molar-refractivity contribution in [3.63, 3.8) is 0 Å². The third-order valence-corrected chi connectivity index (χ3v) is 6.98. The first-order valence-electron chi connectivity index (χ1n) is 9.64. The Morgan fingerprint density at radius 3 is 2.35 bits per heavy atom. The summed E-state index contributed by atoms with van der Waals surface area (Å²) in [6, 6.07) is 9.33. The maximum Gasteiger partial charge on any atom is 0.416 e. The molecule has 0 aliphatic carbocycles. The molecule has 1 heterocycles. The quantitative estimate of drug-likeness (QED) is 0.693. The molecule has 0 atom stereocenters. The molecule has 2 aromatic carbocycles. The summed E-state index contributed by atoms with van der Waals surface area (Å²) in [6.07, 6.45) is -4.63. The summed E-state index contributed by atoms with van der Waals surface area (Å²) in [5, 5.41) is 0. The summed E-state index contributed by atoms with van der Waals surface area (Å²) < 4.78 is 71.0. The van der Waals surface area contributed by atoms with E-state index >= 15 is 0 Å². The zero-order valence-electron chi connectivity index (χ0n) is 17.1. The van der Waals surface area contributed by atoms with E-state index in [1.807, 2.05) is 32.0 Å². The van der Waals surface area contributed by atoms with Gasteiger partial charge in [-0.25, -0.2) is 8.42 Å². The monoisotopic (exact) mass is 456 g/mol. The lowest BCUT2D eigenvalue weighted by molar-refractivity contribution is -0.138. The van der Waals surface area contributed by atoms with Crippen molar-refractivity contribution in [2.45, 2.75) is 24.9 Å². The van der Waals surface area contributed by atoms with Crippen molar-refractivity contribution in [3.05, 3.63) is 59.2 Å². The van der Waals surface area contributed by atoms with E-state index in [4.69, 9.17) is 4.74 Å². The Kier molecular flexibility index (Phi) is 6.61. The third kappa shape index (κ3) is 5.37. The van der Waals surface area contributed by atoms with Crippen LogP contribution in [0.15, 0.2) is 47.4 Å². The summed E-state index contributed by atoms with van der Waals surface area (Å²) in [4.78, 5) is 13.5. The van der Waals surface area contributed by atoms with Gasteiger partial charge in [-0.05, 0) is 49.2 Å². The van der Waals surface area contributed by atoms with Crippen LogP contribution < -0.4 is 4.74 Å². The van der Waals surface area contributed by atoms with Crippen molar-refractivity contribution in [3.8, 4) is 5.75 Å². The first kappa shape index (κ1) is 23.1. The number of piperazine rings is 1. The summed E-state index contributed by atoms with van der Waals surface area (Å²) >= 11 is 0. The number of nitrogens with zero attached hydrogens (tertiary/aromatic N) is 2. The predicted octanol–water partition coefficient (Wildman–Crippen LogP) is 3.23. The van der Waals surface area contributed by atoms with Gasteiger partial charge in [0.25, 0.3) is 5.91 Å². The van der Waals surface area contributed by atoms with Crippen molar-refractivity contribution >= 4 is 15.9 Å². The number of hydrogen-bond acceptors (Lipinski definition) is 4. The maximum absolute atomic E-state index is 12.9. The minimum absolute atomic E-state index is 0.00616. The third-order valence-electron chi connectivity index (χ3n) is 5.09. The fourth-order valence-electron chi connectivity index (χ4n) is 3.25. The van der Waals surface area contributed by atoms with E-state index in [9.17, 15) is 26.4 Å². The van der Waals surface area contributed by atoms with Crippen LogP contribution in [-0.4, -0.2) is 56.3 Å². The second-order valence-corrected chi connectivity index (χ2v) is 9.31. The number of amides is 1.